The lowest BCUT2D eigenvalue weighted by atomic mass is 10.2. The minimum Gasteiger partial charge on any atom is -0.476 e. The van der Waals surface area contributed by atoms with Crippen LogP contribution in [0.1, 0.15) is 42.2 Å². The van der Waals surface area contributed by atoms with E-state index in [-0.39, 0.29) is 5.69 Å². The molecule has 0 aliphatic rings. The molecular weight excluding hydrogens is 212 g/mol. The first kappa shape index (κ1) is 12.1. The molecule has 0 fully saturated rings. The van der Waals surface area contributed by atoms with E-state index in [0.717, 1.165) is 17.8 Å². The van der Waals surface area contributed by atoms with Crippen LogP contribution in [0, 0.1) is 0 Å². The van der Waals surface area contributed by atoms with Crippen LogP contribution in [0.2, 0.25) is 0 Å². The van der Waals surface area contributed by atoms with Crippen molar-refractivity contribution < 1.29 is 9.90 Å². The van der Waals surface area contributed by atoms with E-state index < -0.39 is 5.97 Å². The van der Waals surface area contributed by atoms with Crippen LogP contribution in [0.4, 0.5) is 0 Å². The molecule has 0 spiro atoms. The van der Waals surface area contributed by atoms with Crippen molar-refractivity contribution in [2.24, 2.45) is 0 Å². The topological polar surface area (TPSA) is 62.2 Å². The maximum Gasteiger partial charge on any atom is 0.355 e. The molecule has 0 aromatic carbocycles. The average Bonchev–Trinajstić information content (AvgIpc) is 2.68. The highest BCUT2D eigenvalue weighted by molar-refractivity contribution is 7.09. The molecule has 0 saturated carbocycles. The molecule has 0 aliphatic heterocycles. The smallest absolute Gasteiger partial charge is 0.355 e. The van der Waals surface area contributed by atoms with Crippen molar-refractivity contribution >= 4 is 17.3 Å². The predicted molar refractivity (Wildman–Crippen MR) is 60.3 cm³/mol. The van der Waals surface area contributed by atoms with Gasteiger partial charge in [0, 0.05) is 18.0 Å². The van der Waals surface area contributed by atoms with Crippen molar-refractivity contribution in [1.29, 1.82) is 0 Å². The normalized spacial score (nSPS) is 10.9. The molecule has 0 amide bonds. The van der Waals surface area contributed by atoms with E-state index in [1.54, 1.807) is 5.38 Å². The van der Waals surface area contributed by atoms with Crippen LogP contribution in [0.15, 0.2) is 5.38 Å². The first-order chi connectivity index (χ1) is 7.17. The predicted octanol–water partition coefficient (Wildman–Crippen LogP) is 2.12. The molecule has 4 nitrogen and oxygen atoms in total. The number of thiazole rings is 1. The molecule has 0 radical (unpaired) electrons. The molecule has 0 aliphatic carbocycles. The van der Waals surface area contributed by atoms with Crippen LogP contribution < -0.4 is 5.32 Å². The van der Waals surface area contributed by atoms with Gasteiger partial charge in [0.05, 0.1) is 0 Å². The first-order valence-corrected chi connectivity index (χ1v) is 5.96. The number of nitrogens with zero attached hydrogens (tertiary/aromatic N) is 1. The molecule has 1 aromatic rings. The highest BCUT2D eigenvalue weighted by Crippen LogP contribution is 2.10. The van der Waals surface area contributed by atoms with E-state index in [0.29, 0.717) is 12.6 Å². The van der Waals surface area contributed by atoms with Gasteiger partial charge in [0.25, 0.3) is 0 Å². The second-order valence-corrected chi connectivity index (χ2v) is 4.27. The molecule has 5 heteroatoms. The molecule has 0 saturated heterocycles. The lowest BCUT2D eigenvalue weighted by molar-refractivity contribution is 0.0691. The molecule has 0 atom stereocenters. The third kappa shape index (κ3) is 3.60. The van der Waals surface area contributed by atoms with Gasteiger partial charge in [0.2, 0.25) is 0 Å². The van der Waals surface area contributed by atoms with Gasteiger partial charge in [-0.3, -0.25) is 0 Å². The summed E-state index contributed by atoms with van der Waals surface area (Å²) in [5.74, 6) is -0.958. The van der Waals surface area contributed by atoms with Gasteiger partial charge < -0.3 is 10.4 Å². The number of hydrogen-bond acceptors (Lipinski definition) is 4. The van der Waals surface area contributed by atoms with E-state index in [2.05, 4.69) is 24.1 Å². The number of aromatic nitrogens is 1. The van der Waals surface area contributed by atoms with Crippen molar-refractivity contribution in [3.8, 4) is 0 Å². The van der Waals surface area contributed by atoms with Gasteiger partial charge in [-0.25, -0.2) is 9.78 Å². The van der Waals surface area contributed by atoms with Crippen molar-refractivity contribution in [3.63, 3.8) is 0 Å². The first-order valence-electron chi connectivity index (χ1n) is 5.08. The Hall–Kier alpha value is -0.940. The van der Waals surface area contributed by atoms with Gasteiger partial charge in [-0.1, -0.05) is 13.8 Å². The van der Waals surface area contributed by atoms with Gasteiger partial charge in [-0.2, -0.15) is 0 Å². The fourth-order valence-corrected chi connectivity index (χ4v) is 2.02. The van der Waals surface area contributed by atoms with Gasteiger partial charge >= 0.3 is 5.97 Å². The summed E-state index contributed by atoms with van der Waals surface area (Å²) in [6, 6.07) is 0.488. The van der Waals surface area contributed by atoms with E-state index in [9.17, 15) is 4.79 Å². The van der Waals surface area contributed by atoms with Gasteiger partial charge in [0.15, 0.2) is 5.69 Å². The van der Waals surface area contributed by atoms with Gasteiger partial charge in [-0.15, -0.1) is 11.3 Å². The van der Waals surface area contributed by atoms with Crippen molar-refractivity contribution in [1.82, 2.24) is 10.3 Å². The summed E-state index contributed by atoms with van der Waals surface area (Å²) in [7, 11) is 0. The number of nitrogens with one attached hydrogen (secondary N) is 1. The summed E-state index contributed by atoms with van der Waals surface area (Å²) in [5.41, 5.74) is 0.140. The molecule has 15 heavy (non-hydrogen) atoms. The maximum atomic E-state index is 10.6. The minimum atomic E-state index is -0.958. The zero-order chi connectivity index (χ0) is 11.3. The Kier molecular flexibility index (Phi) is 4.71. The van der Waals surface area contributed by atoms with E-state index >= 15 is 0 Å². The quantitative estimate of drug-likeness (QED) is 0.783. The highest BCUT2D eigenvalue weighted by atomic mass is 32.1. The third-order valence-electron chi connectivity index (χ3n) is 2.30. The number of carboxylic acid groups (broad SMARTS) is 1. The second-order valence-electron chi connectivity index (χ2n) is 3.33. The van der Waals surface area contributed by atoms with Crippen molar-refractivity contribution in [2.75, 3.05) is 0 Å². The van der Waals surface area contributed by atoms with Crippen LogP contribution in [0.3, 0.4) is 0 Å². The van der Waals surface area contributed by atoms with E-state index in [1.165, 1.54) is 11.3 Å². The van der Waals surface area contributed by atoms with Crippen LogP contribution in [-0.2, 0) is 6.54 Å². The lowest BCUT2D eigenvalue weighted by Gasteiger charge is -2.12. The van der Waals surface area contributed by atoms with E-state index in [4.69, 9.17) is 5.11 Å². The van der Waals surface area contributed by atoms with Crippen LogP contribution in [-0.4, -0.2) is 22.1 Å². The summed E-state index contributed by atoms with van der Waals surface area (Å²) < 4.78 is 0. The third-order valence-corrected chi connectivity index (χ3v) is 3.15. The molecule has 2 N–H and O–H groups in total. The van der Waals surface area contributed by atoms with Gasteiger partial charge in [-0.05, 0) is 12.8 Å². The number of carboxylic acids is 1. The standard InChI is InChI=1S/C10H16N2O2S/c1-3-7(4-2)11-5-9-12-8(6-15-9)10(13)14/h6-7,11H,3-5H2,1-2H3,(H,13,14). The van der Waals surface area contributed by atoms with Crippen molar-refractivity contribution in [2.45, 2.75) is 39.3 Å². The summed E-state index contributed by atoms with van der Waals surface area (Å²) in [5, 5.41) is 14.4. The minimum absolute atomic E-state index is 0.140. The van der Waals surface area contributed by atoms with E-state index in [1.807, 2.05) is 0 Å². The SMILES string of the molecule is CCC(CC)NCc1nc(C(=O)O)cs1. The summed E-state index contributed by atoms with van der Waals surface area (Å²) >= 11 is 1.39. The Bertz CT molecular complexity index is 321. The summed E-state index contributed by atoms with van der Waals surface area (Å²) in [6.07, 6.45) is 2.15. The Morgan fingerprint density at radius 2 is 2.27 bits per heavy atom. The Labute approximate surface area is 93.4 Å². The summed E-state index contributed by atoms with van der Waals surface area (Å²) in [6.45, 7) is 4.92. The fraction of sp³-hybridized carbons (Fsp3) is 0.600. The molecule has 1 rings (SSSR count). The number of hydrogen-bond donors (Lipinski definition) is 2. The molecule has 84 valence electrons. The van der Waals surface area contributed by atoms with Crippen LogP contribution in [0.5, 0.6) is 0 Å². The number of carbonyl (C=O) groups is 1. The molecule has 0 unspecified atom stereocenters. The molecular formula is C10H16N2O2S. The summed E-state index contributed by atoms with van der Waals surface area (Å²) in [4.78, 5) is 14.6. The zero-order valence-corrected chi connectivity index (χ0v) is 9.80. The Morgan fingerprint density at radius 3 is 2.73 bits per heavy atom. The van der Waals surface area contributed by atoms with Crippen LogP contribution in [0.25, 0.3) is 0 Å². The maximum absolute atomic E-state index is 10.6. The molecule has 1 heterocycles. The monoisotopic (exact) mass is 228 g/mol. The molecule has 1 aromatic heterocycles. The fourth-order valence-electron chi connectivity index (χ4n) is 1.30. The zero-order valence-electron chi connectivity index (χ0n) is 8.99. The highest BCUT2D eigenvalue weighted by Gasteiger charge is 2.09. The largest absolute Gasteiger partial charge is 0.476 e. The van der Waals surface area contributed by atoms with Crippen LogP contribution >= 0.6 is 11.3 Å². The van der Waals surface area contributed by atoms with Gasteiger partial charge in [0.1, 0.15) is 5.01 Å². The second kappa shape index (κ2) is 5.82. The number of rotatable bonds is 6. The van der Waals surface area contributed by atoms with Crippen molar-refractivity contribution in [3.05, 3.63) is 16.1 Å². The lowest BCUT2D eigenvalue weighted by Crippen LogP contribution is -2.26. The Balaban J connectivity index is 2.47. The number of aromatic carboxylic acids is 1. The average molecular weight is 228 g/mol. The molecule has 0 bridgehead atoms. The Morgan fingerprint density at radius 1 is 1.60 bits per heavy atom.